The maximum absolute atomic E-state index is 12.5. The molecule has 132 valence electrons. The summed E-state index contributed by atoms with van der Waals surface area (Å²) in [6.45, 7) is 8.04. The van der Waals surface area contributed by atoms with Crippen molar-refractivity contribution in [1.82, 2.24) is 9.38 Å². The average Bonchev–Trinajstić information content (AvgIpc) is 2.87. The van der Waals surface area contributed by atoms with E-state index in [0.717, 1.165) is 22.6 Å². The zero-order valence-corrected chi connectivity index (χ0v) is 15.7. The number of hydrogen-bond donors (Lipinski definition) is 0. The Morgan fingerprint density at radius 2 is 1.76 bits per heavy atom. The molecule has 0 saturated carbocycles. The molecule has 5 nitrogen and oxygen atoms in total. The molecule has 0 atom stereocenters. The van der Waals surface area contributed by atoms with Gasteiger partial charge in [-0.05, 0) is 42.2 Å². The third-order valence-electron chi connectivity index (χ3n) is 4.19. The minimum absolute atomic E-state index is 0.0310. The summed E-state index contributed by atoms with van der Waals surface area (Å²) in [5.41, 5.74) is 3.29. The fourth-order valence-corrected chi connectivity index (χ4v) is 3.53. The van der Waals surface area contributed by atoms with E-state index < -0.39 is 10.1 Å². The van der Waals surface area contributed by atoms with Gasteiger partial charge in [0.25, 0.3) is 10.1 Å². The van der Waals surface area contributed by atoms with Gasteiger partial charge in [-0.2, -0.15) is 8.42 Å². The fraction of sp³-hybridized carbons (Fsp3) is 0.316. The molecule has 1 aromatic carbocycles. The van der Waals surface area contributed by atoms with E-state index in [0.29, 0.717) is 0 Å². The van der Waals surface area contributed by atoms with Crippen molar-refractivity contribution in [3.8, 4) is 0 Å². The van der Waals surface area contributed by atoms with Gasteiger partial charge in [0, 0.05) is 6.20 Å². The molecule has 0 aliphatic heterocycles. The highest BCUT2D eigenvalue weighted by Crippen LogP contribution is 2.24. The Bertz CT molecular complexity index is 997. The van der Waals surface area contributed by atoms with Crippen molar-refractivity contribution in [2.45, 2.75) is 44.6 Å². The highest BCUT2D eigenvalue weighted by atomic mass is 32.2. The number of imidazole rings is 1. The minimum atomic E-state index is -3.83. The van der Waals surface area contributed by atoms with Gasteiger partial charge in [0.1, 0.15) is 12.3 Å². The fourth-order valence-electron chi connectivity index (χ4n) is 2.66. The summed E-state index contributed by atoms with van der Waals surface area (Å²) in [6.07, 6.45) is 1.85. The molecule has 3 rings (SSSR count). The first kappa shape index (κ1) is 17.6. The van der Waals surface area contributed by atoms with E-state index in [1.54, 1.807) is 12.1 Å². The van der Waals surface area contributed by atoms with Crippen LogP contribution in [-0.2, 0) is 26.3 Å². The number of aromatic nitrogens is 2. The van der Waals surface area contributed by atoms with Crippen LogP contribution in [0.5, 0.6) is 0 Å². The third-order valence-corrected chi connectivity index (χ3v) is 5.47. The van der Waals surface area contributed by atoms with Crippen molar-refractivity contribution in [3.05, 3.63) is 65.6 Å². The minimum Gasteiger partial charge on any atom is -0.301 e. The zero-order chi connectivity index (χ0) is 18.2. The highest BCUT2D eigenvalue weighted by molar-refractivity contribution is 7.86. The summed E-state index contributed by atoms with van der Waals surface area (Å²) in [5, 5.41) is 0. The molecule has 0 fully saturated rings. The van der Waals surface area contributed by atoms with Crippen LogP contribution in [0, 0.1) is 6.92 Å². The Hall–Kier alpha value is -2.18. The van der Waals surface area contributed by atoms with Gasteiger partial charge >= 0.3 is 0 Å². The first-order chi connectivity index (χ1) is 11.7. The average molecular weight is 358 g/mol. The zero-order valence-electron chi connectivity index (χ0n) is 14.9. The molecule has 0 radical (unpaired) electrons. The Balaban J connectivity index is 1.83. The first-order valence-electron chi connectivity index (χ1n) is 8.11. The molecule has 2 heterocycles. The number of aryl methyl sites for hydroxylation is 1. The maximum atomic E-state index is 12.5. The Morgan fingerprint density at radius 1 is 1.08 bits per heavy atom. The quantitative estimate of drug-likeness (QED) is 0.665. The largest absolute Gasteiger partial charge is 0.301 e. The van der Waals surface area contributed by atoms with E-state index in [2.05, 4.69) is 25.8 Å². The summed E-state index contributed by atoms with van der Waals surface area (Å²) >= 11 is 0. The molecule has 2 aromatic heterocycles. The van der Waals surface area contributed by atoms with Gasteiger partial charge in [0.05, 0.1) is 16.3 Å². The van der Waals surface area contributed by atoms with Crippen LogP contribution in [0.3, 0.4) is 0 Å². The molecule has 6 heteroatoms. The first-order valence-corrected chi connectivity index (χ1v) is 9.52. The number of fused-ring (bicyclic) bond motifs is 1. The Labute approximate surface area is 148 Å². The molecule has 0 bridgehead atoms. The van der Waals surface area contributed by atoms with E-state index in [1.807, 2.05) is 47.9 Å². The van der Waals surface area contributed by atoms with Crippen molar-refractivity contribution in [2.75, 3.05) is 0 Å². The molecular weight excluding hydrogens is 336 g/mol. The molecule has 25 heavy (non-hydrogen) atoms. The van der Waals surface area contributed by atoms with Crippen molar-refractivity contribution in [1.29, 1.82) is 0 Å². The normalized spacial score (nSPS) is 12.6. The van der Waals surface area contributed by atoms with E-state index >= 15 is 0 Å². The number of pyridine rings is 1. The van der Waals surface area contributed by atoms with Gasteiger partial charge in [0.15, 0.2) is 0 Å². The summed E-state index contributed by atoms with van der Waals surface area (Å²) in [6, 6.07) is 12.5. The smallest absolute Gasteiger partial charge is 0.297 e. The van der Waals surface area contributed by atoms with Gasteiger partial charge in [0.2, 0.25) is 0 Å². The van der Waals surface area contributed by atoms with Gasteiger partial charge in [-0.3, -0.25) is 4.18 Å². The van der Waals surface area contributed by atoms with E-state index in [4.69, 9.17) is 4.18 Å². The lowest BCUT2D eigenvalue weighted by atomic mass is 9.87. The van der Waals surface area contributed by atoms with Gasteiger partial charge < -0.3 is 4.40 Å². The predicted molar refractivity (Wildman–Crippen MR) is 97.0 cm³/mol. The summed E-state index contributed by atoms with van der Waals surface area (Å²) < 4.78 is 32.1. The van der Waals surface area contributed by atoms with Crippen LogP contribution in [0.4, 0.5) is 0 Å². The monoisotopic (exact) mass is 358 g/mol. The van der Waals surface area contributed by atoms with Crippen LogP contribution in [-0.4, -0.2) is 17.8 Å². The molecule has 3 aromatic rings. The molecule has 0 aliphatic carbocycles. The molecule has 0 aliphatic rings. The molecule has 0 saturated heterocycles. The van der Waals surface area contributed by atoms with Gasteiger partial charge in [-0.15, -0.1) is 0 Å². The summed E-state index contributed by atoms with van der Waals surface area (Å²) in [7, 11) is -3.83. The van der Waals surface area contributed by atoms with Crippen molar-refractivity contribution < 1.29 is 12.6 Å². The highest BCUT2D eigenvalue weighted by Gasteiger charge is 2.20. The van der Waals surface area contributed by atoms with Crippen LogP contribution in [0.25, 0.3) is 5.65 Å². The third kappa shape index (κ3) is 3.60. The predicted octanol–water partition coefficient (Wildman–Crippen LogP) is 3.85. The maximum Gasteiger partial charge on any atom is 0.297 e. The second-order valence-electron chi connectivity index (χ2n) is 7.06. The lowest BCUT2D eigenvalue weighted by Crippen LogP contribution is -2.12. The van der Waals surface area contributed by atoms with Gasteiger partial charge in [-0.1, -0.05) is 39.0 Å². The molecular formula is C19H22N2O3S. The van der Waals surface area contributed by atoms with Crippen molar-refractivity contribution >= 4 is 15.8 Å². The van der Waals surface area contributed by atoms with Crippen LogP contribution in [0.2, 0.25) is 0 Å². The number of hydrogen-bond acceptors (Lipinski definition) is 4. The van der Waals surface area contributed by atoms with Crippen molar-refractivity contribution in [2.24, 2.45) is 0 Å². The molecule has 0 unspecified atom stereocenters. The van der Waals surface area contributed by atoms with E-state index in [-0.39, 0.29) is 16.9 Å². The number of nitrogens with zero attached hydrogens (tertiary/aromatic N) is 2. The lowest BCUT2D eigenvalue weighted by molar-refractivity contribution is 0.302. The molecule has 0 spiro atoms. The van der Waals surface area contributed by atoms with Crippen molar-refractivity contribution in [3.63, 3.8) is 0 Å². The lowest BCUT2D eigenvalue weighted by Gasteiger charge is -2.19. The number of rotatable bonds is 4. The second kappa shape index (κ2) is 6.28. The summed E-state index contributed by atoms with van der Waals surface area (Å²) in [4.78, 5) is 4.57. The van der Waals surface area contributed by atoms with E-state index in [1.165, 1.54) is 0 Å². The second-order valence-corrected chi connectivity index (χ2v) is 8.68. The topological polar surface area (TPSA) is 60.7 Å². The van der Waals surface area contributed by atoms with Crippen LogP contribution in [0.15, 0.2) is 53.6 Å². The Morgan fingerprint density at radius 3 is 2.40 bits per heavy atom. The SMILES string of the molecule is Cc1nc2ccccn2c1COS(=O)(=O)c1ccc(C(C)(C)C)cc1. The van der Waals surface area contributed by atoms with Crippen LogP contribution >= 0.6 is 0 Å². The molecule has 0 N–H and O–H groups in total. The molecule has 0 amide bonds. The van der Waals surface area contributed by atoms with Crippen LogP contribution in [0.1, 0.15) is 37.7 Å². The standard InChI is InChI=1S/C19H22N2O3S/c1-14-17(21-12-6-5-7-18(21)20-14)13-24-25(22,23)16-10-8-15(9-11-16)19(2,3)4/h5-12H,13H2,1-4H3. The summed E-state index contributed by atoms with van der Waals surface area (Å²) in [5.74, 6) is 0. The van der Waals surface area contributed by atoms with Crippen LogP contribution < -0.4 is 0 Å². The van der Waals surface area contributed by atoms with Gasteiger partial charge in [-0.25, -0.2) is 4.98 Å². The van der Waals surface area contributed by atoms with E-state index in [9.17, 15) is 8.42 Å². The Kier molecular flexibility index (Phi) is 4.43. The number of benzene rings is 1.